The average Bonchev–Trinajstić information content (AvgIpc) is 3.20. The van der Waals surface area contributed by atoms with Gasteiger partial charge in [0.25, 0.3) is 0 Å². The number of alkyl carbamates (subject to hydrolysis) is 1. The van der Waals surface area contributed by atoms with Crippen molar-refractivity contribution in [2.45, 2.75) is 83.4 Å². The molecule has 0 aromatic heterocycles. The van der Waals surface area contributed by atoms with Gasteiger partial charge < -0.3 is 24.8 Å². The molecular formula is C24H33F3N4O5. The summed E-state index contributed by atoms with van der Waals surface area (Å²) >= 11 is 0. The fourth-order valence-corrected chi connectivity index (χ4v) is 4.14. The number of aliphatic imine (C=N–C) groups is 1. The molecule has 2 amide bonds. The van der Waals surface area contributed by atoms with Gasteiger partial charge >= 0.3 is 18.2 Å². The van der Waals surface area contributed by atoms with Crippen molar-refractivity contribution in [3.8, 4) is 5.75 Å². The Morgan fingerprint density at radius 2 is 1.78 bits per heavy atom. The van der Waals surface area contributed by atoms with E-state index in [2.05, 4.69) is 10.3 Å². The van der Waals surface area contributed by atoms with Gasteiger partial charge in [-0.15, -0.1) is 0 Å². The van der Waals surface area contributed by atoms with Crippen molar-refractivity contribution in [3.05, 3.63) is 29.3 Å². The first-order chi connectivity index (χ1) is 16.8. The second kappa shape index (κ2) is 11.4. The standard InChI is InChI=1S/C24H33F3N4O5/c1-23(2,3)36-22(34)29-18-7-5-17(6-8-18)28-21(30-20(33)24(25,26)27)31-13-15-4-9-19(35-11-10-32)12-16(15)14-31/h4,9,12,17-18,32H,5-8,10-11,13-14H2,1-3H3,(H,29,34)(H,28,30,33). The first-order valence-electron chi connectivity index (χ1n) is 11.9. The number of nitrogens with zero attached hydrogens (tertiary/aromatic N) is 2. The molecule has 0 bridgehead atoms. The van der Waals surface area contributed by atoms with Gasteiger partial charge in [-0.1, -0.05) is 6.07 Å². The fraction of sp³-hybridized carbons (Fsp3) is 0.625. The molecule has 2 aliphatic rings. The molecule has 3 rings (SSSR count). The number of carbonyl (C=O) groups is 2. The normalized spacial score (nSPS) is 20.5. The van der Waals surface area contributed by atoms with Crippen LogP contribution in [0.4, 0.5) is 18.0 Å². The minimum absolute atomic E-state index is 0.118. The minimum atomic E-state index is -5.05. The molecule has 1 fully saturated rings. The van der Waals surface area contributed by atoms with Crippen LogP contribution in [0, 0.1) is 0 Å². The maximum absolute atomic E-state index is 13.0. The highest BCUT2D eigenvalue weighted by molar-refractivity contribution is 5.99. The molecule has 0 spiro atoms. The van der Waals surface area contributed by atoms with Gasteiger partial charge in [0.1, 0.15) is 18.0 Å². The highest BCUT2D eigenvalue weighted by Gasteiger charge is 2.40. The Kier molecular flexibility index (Phi) is 8.70. The van der Waals surface area contributed by atoms with E-state index in [1.54, 1.807) is 43.9 Å². The molecule has 1 aromatic carbocycles. The van der Waals surface area contributed by atoms with Crippen molar-refractivity contribution in [2.24, 2.45) is 4.99 Å². The van der Waals surface area contributed by atoms with Crippen molar-refractivity contribution in [1.29, 1.82) is 0 Å². The summed E-state index contributed by atoms with van der Waals surface area (Å²) in [6.45, 7) is 5.83. The summed E-state index contributed by atoms with van der Waals surface area (Å²) in [5, 5.41) is 13.7. The zero-order valence-electron chi connectivity index (χ0n) is 20.7. The van der Waals surface area contributed by atoms with Crippen molar-refractivity contribution in [3.63, 3.8) is 0 Å². The zero-order valence-corrected chi connectivity index (χ0v) is 20.7. The lowest BCUT2D eigenvalue weighted by Gasteiger charge is -2.30. The molecule has 200 valence electrons. The van der Waals surface area contributed by atoms with Gasteiger partial charge in [0.05, 0.1) is 12.6 Å². The molecule has 0 saturated heterocycles. The molecule has 12 heteroatoms. The van der Waals surface area contributed by atoms with Crippen LogP contribution in [0.25, 0.3) is 0 Å². The molecule has 3 N–H and O–H groups in total. The summed E-state index contributed by atoms with van der Waals surface area (Å²) in [4.78, 5) is 29.9. The number of fused-ring (bicyclic) bond motifs is 1. The summed E-state index contributed by atoms with van der Waals surface area (Å²) < 4.78 is 49.8. The lowest BCUT2D eigenvalue weighted by Crippen LogP contribution is -2.48. The predicted molar refractivity (Wildman–Crippen MR) is 125 cm³/mol. The Labute approximate surface area is 208 Å². The Morgan fingerprint density at radius 1 is 1.11 bits per heavy atom. The molecule has 1 aliphatic heterocycles. The topological polar surface area (TPSA) is 112 Å². The van der Waals surface area contributed by atoms with E-state index in [0.717, 1.165) is 11.1 Å². The summed E-state index contributed by atoms with van der Waals surface area (Å²) in [6, 6.07) is 4.87. The van der Waals surface area contributed by atoms with Crippen molar-refractivity contribution in [2.75, 3.05) is 13.2 Å². The third-order valence-corrected chi connectivity index (χ3v) is 5.76. The van der Waals surface area contributed by atoms with Crippen LogP contribution < -0.4 is 15.4 Å². The maximum Gasteiger partial charge on any atom is 0.471 e. The number of benzene rings is 1. The number of hydrogen-bond acceptors (Lipinski definition) is 6. The van der Waals surface area contributed by atoms with Gasteiger partial charge in [0, 0.05) is 19.1 Å². The number of rotatable bonds is 5. The van der Waals surface area contributed by atoms with Gasteiger partial charge in [0.15, 0.2) is 0 Å². The van der Waals surface area contributed by atoms with E-state index >= 15 is 0 Å². The van der Waals surface area contributed by atoms with E-state index in [-0.39, 0.29) is 44.3 Å². The van der Waals surface area contributed by atoms with Gasteiger partial charge in [0.2, 0.25) is 5.96 Å². The smallest absolute Gasteiger partial charge is 0.471 e. The van der Waals surface area contributed by atoms with E-state index in [1.807, 2.05) is 5.32 Å². The van der Waals surface area contributed by atoms with Crippen LogP contribution >= 0.6 is 0 Å². The summed E-state index contributed by atoms with van der Waals surface area (Å²) in [5.41, 5.74) is 1.10. The Balaban J connectivity index is 1.68. The number of aliphatic hydroxyl groups is 1. The second-order valence-electron chi connectivity index (χ2n) is 9.91. The van der Waals surface area contributed by atoms with E-state index < -0.39 is 23.8 Å². The van der Waals surface area contributed by atoms with Crippen LogP contribution in [-0.2, 0) is 22.6 Å². The van der Waals surface area contributed by atoms with Gasteiger partial charge in [-0.05, 0) is 69.7 Å². The summed E-state index contributed by atoms with van der Waals surface area (Å²) in [6.07, 6.45) is -3.32. The number of amides is 2. The number of halogens is 3. The molecule has 0 atom stereocenters. The van der Waals surface area contributed by atoms with E-state index in [9.17, 15) is 22.8 Å². The molecule has 1 saturated carbocycles. The van der Waals surface area contributed by atoms with Crippen LogP contribution in [0.2, 0.25) is 0 Å². The molecule has 36 heavy (non-hydrogen) atoms. The lowest BCUT2D eigenvalue weighted by atomic mass is 9.91. The van der Waals surface area contributed by atoms with Crippen LogP contribution in [-0.4, -0.2) is 65.0 Å². The largest absolute Gasteiger partial charge is 0.491 e. The quantitative estimate of drug-likeness (QED) is 0.411. The maximum atomic E-state index is 13.0. The number of carbonyl (C=O) groups excluding carboxylic acids is 2. The third-order valence-electron chi connectivity index (χ3n) is 5.76. The Bertz CT molecular complexity index is 969. The van der Waals surface area contributed by atoms with Crippen molar-refractivity contribution < 1.29 is 37.3 Å². The van der Waals surface area contributed by atoms with Gasteiger partial charge in [-0.2, -0.15) is 13.2 Å². The monoisotopic (exact) mass is 514 g/mol. The van der Waals surface area contributed by atoms with E-state index in [4.69, 9.17) is 14.6 Å². The van der Waals surface area contributed by atoms with Gasteiger partial charge in [-0.25, -0.2) is 9.79 Å². The third kappa shape index (κ3) is 8.00. The first kappa shape index (κ1) is 27.6. The lowest BCUT2D eigenvalue weighted by molar-refractivity contribution is -0.172. The molecule has 0 unspecified atom stereocenters. The van der Waals surface area contributed by atoms with Crippen LogP contribution in [0.3, 0.4) is 0 Å². The van der Waals surface area contributed by atoms with Crippen LogP contribution in [0.5, 0.6) is 5.75 Å². The minimum Gasteiger partial charge on any atom is -0.491 e. The predicted octanol–water partition coefficient (Wildman–Crippen LogP) is 3.24. The fourth-order valence-electron chi connectivity index (χ4n) is 4.14. The SMILES string of the molecule is CC(C)(C)OC(=O)NC1CCC(N=C(NC(=O)C(F)(F)F)N2Cc3ccc(OCCO)cc3C2)CC1. The number of nitrogens with one attached hydrogen (secondary N) is 2. The van der Waals surface area contributed by atoms with E-state index in [0.29, 0.717) is 31.4 Å². The van der Waals surface area contributed by atoms with Crippen LogP contribution in [0.1, 0.15) is 57.6 Å². The van der Waals surface area contributed by atoms with Crippen molar-refractivity contribution in [1.82, 2.24) is 15.5 Å². The summed E-state index contributed by atoms with van der Waals surface area (Å²) in [5.74, 6) is -1.67. The highest BCUT2D eigenvalue weighted by Crippen LogP contribution is 2.28. The molecule has 0 radical (unpaired) electrons. The number of aliphatic hydroxyl groups excluding tert-OH is 1. The second-order valence-corrected chi connectivity index (χ2v) is 9.91. The highest BCUT2D eigenvalue weighted by atomic mass is 19.4. The van der Waals surface area contributed by atoms with Crippen LogP contribution in [0.15, 0.2) is 23.2 Å². The van der Waals surface area contributed by atoms with Gasteiger partial charge in [-0.3, -0.25) is 10.1 Å². The van der Waals surface area contributed by atoms with E-state index in [1.165, 1.54) is 0 Å². The molecule has 9 nitrogen and oxygen atoms in total. The Hall–Kier alpha value is -3.02. The number of guanidine groups is 1. The number of hydrogen-bond donors (Lipinski definition) is 3. The molecule has 1 aliphatic carbocycles. The van der Waals surface area contributed by atoms with Crippen molar-refractivity contribution >= 4 is 18.0 Å². The molecular weight excluding hydrogens is 481 g/mol. The summed E-state index contributed by atoms with van der Waals surface area (Å²) in [7, 11) is 0. The Morgan fingerprint density at radius 3 is 2.39 bits per heavy atom. The number of ether oxygens (including phenoxy) is 2. The zero-order chi connectivity index (χ0) is 26.5. The molecule has 1 aromatic rings. The number of alkyl halides is 3. The molecule has 1 heterocycles. The average molecular weight is 515 g/mol. The first-order valence-corrected chi connectivity index (χ1v) is 11.9.